The van der Waals surface area contributed by atoms with Crippen molar-refractivity contribution in [2.75, 3.05) is 19.6 Å². The van der Waals surface area contributed by atoms with Gasteiger partial charge < -0.3 is 5.32 Å². The molecule has 1 saturated carbocycles. The number of nitrogens with zero attached hydrogens (tertiary/aromatic N) is 1. The Labute approximate surface area is 120 Å². The minimum atomic E-state index is 0.509. The van der Waals surface area contributed by atoms with Crippen LogP contribution in [-0.4, -0.2) is 36.6 Å². The molecule has 112 valence electrons. The standard InChI is InChI=1S/C17H34N2/c1-5-19(13-15-7-6-12-18-15)16-10-8-14(9-11-16)17(2,3)4/h14-16,18H,5-13H2,1-4H3. The van der Waals surface area contributed by atoms with Gasteiger partial charge in [0.1, 0.15) is 0 Å². The first-order valence-corrected chi connectivity index (χ1v) is 8.48. The van der Waals surface area contributed by atoms with E-state index in [-0.39, 0.29) is 0 Å². The molecule has 1 atom stereocenters. The second-order valence-corrected chi connectivity index (χ2v) is 7.75. The quantitative estimate of drug-likeness (QED) is 0.835. The highest BCUT2D eigenvalue weighted by Gasteiger charge is 2.32. The maximum atomic E-state index is 3.65. The van der Waals surface area contributed by atoms with Gasteiger partial charge in [-0.25, -0.2) is 0 Å². The fourth-order valence-corrected chi connectivity index (χ4v) is 4.04. The van der Waals surface area contributed by atoms with Crippen molar-refractivity contribution in [1.29, 1.82) is 0 Å². The minimum Gasteiger partial charge on any atom is -0.313 e. The molecular weight excluding hydrogens is 232 g/mol. The molecule has 2 nitrogen and oxygen atoms in total. The van der Waals surface area contributed by atoms with Crippen LogP contribution in [0.25, 0.3) is 0 Å². The van der Waals surface area contributed by atoms with Crippen molar-refractivity contribution >= 4 is 0 Å². The Morgan fingerprint density at radius 1 is 1.05 bits per heavy atom. The molecule has 1 aliphatic carbocycles. The summed E-state index contributed by atoms with van der Waals surface area (Å²) >= 11 is 0. The average Bonchev–Trinajstić information content (AvgIpc) is 2.88. The summed E-state index contributed by atoms with van der Waals surface area (Å²) in [5.74, 6) is 0.937. The maximum absolute atomic E-state index is 3.65. The topological polar surface area (TPSA) is 15.3 Å². The Morgan fingerprint density at radius 3 is 2.21 bits per heavy atom. The van der Waals surface area contributed by atoms with Crippen molar-refractivity contribution in [3.8, 4) is 0 Å². The van der Waals surface area contributed by atoms with Crippen LogP contribution in [0.3, 0.4) is 0 Å². The van der Waals surface area contributed by atoms with Gasteiger partial charge in [0.2, 0.25) is 0 Å². The molecule has 2 heteroatoms. The van der Waals surface area contributed by atoms with Crippen LogP contribution >= 0.6 is 0 Å². The lowest BCUT2D eigenvalue weighted by atomic mass is 9.71. The lowest BCUT2D eigenvalue weighted by Gasteiger charge is -2.41. The summed E-state index contributed by atoms with van der Waals surface area (Å²) in [5.41, 5.74) is 0.509. The molecule has 0 bridgehead atoms. The summed E-state index contributed by atoms with van der Waals surface area (Å²) in [5, 5.41) is 3.65. The van der Waals surface area contributed by atoms with E-state index in [0.29, 0.717) is 5.41 Å². The van der Waals surface area contributed by atoms with Crippen LogP contribution in [-0.2, 0) is 0 Å². The monoisotopic (exact) mass is 266 g/mol. The van der Waals surface area contributed by atoms with Crippen molar-refractivity contribution in [2.45, 2.75) is 78.3 Å². The van der Waals surface area contributed by atoms with Crippen molar-refractivity contribution < 1.29 is 0 Å². The van der Waals surface area contributed by atoms with Gasteiger partial charge in [-0.05, 0) is 62.9 Å². The maximum Gasteiger partial charge on any atom is 0.0195 e. The average molecular weight is 266 g/mol. The lowest BCUT2D eigenvalue weighted by Crippen LogP contribution is -2.45. The molecule has 0 aromatic carbocycles. The van der Waals surface area contributed by atoms with E-state index in [0.717, 1.165) is 18.0 Å². The fraction of sp³-hybridized carbons (Fsp3) is 1.00. The lowest BCUT2D eigenvalue weighted by molar-refractivity contribution is 0.0935. The smallest absolute Gasteiger partial charge is 0.0195 e. The van der Waals surface area contributed by atoms with E-state index in [1.54, 1.807) is 0 Å². The van der Waals surface area contributed by atoms with Crippen LogP contribution in [0.2, 0.25) is 0 Å². The first kappa shape index (κ1) is 15.3. The van der Waals surface area contributed by atoms with E-state index in [4.69, 9.17) is 0 Å². The van der Waals surface area contributed by atoms with Crippen LogP contribution in [0.4, 0.5) is 0 Å². The van der Waals surface area contributed by atoms with E-state index in [2.05, 4.69) is 37.9 Å². The van der Waals surface area contributed by atoms with Gasteiger partial charge >= 0.3 is 0 Å². The van der Waals surface area contributed by atoms with Gasteiger partial charge in [0.25, 0.3) is 0 Å². The third-order valence-corrected chi connectivity index (χ3v) is 5.46. The third kappa shape index (κ3) is 4.19. The summed E-state index contributed by atoms with van der Waals surface area (Å²) in [6.45, 7) is 13.3. The van der Waals surface area contributed by atoms with Crippen LogP contribution in [0.5, 0.6) is 0 Å². The molecule has 0 radical (unpaired) electrons. The van der Waals surface area contributed by atoms with Gasteiger partial charge in [0.15, 0.2) is 0 Å². The van der Waals surface area contributed by atoms with Gasteiger partial charge in [-0.3, -0.25) is 4.90 Å². The molecule has 1 unspecified atom stereocenters. The molecule has 1 N–H and O–H groups in total. The summed E-state index contributed by atoms with van der Waals surface area (Å²) in [6.07, 6.45) is 8.46. The molecule has 0 spiro atoms. The molecule has 0 amide bonds. The second-order valence-electron chi connectivity index (χ2n) is 7.75. The van der Waals surface area contributed by atoms with Crippen LogP contribution in [0.15, 0.2) is 0 Å². The number of likely N-dealkylation sites (N-methyl/N-ethyl adjacent to an activating group) is 1. The van der Waals surface area contributed by atoms with E-state index in [1.807, 2.05) is 0 Å². The van der Waals surface area contributed by atoms with E-state index in [1.165, 1.54) is 58.2 Å². The Kier molecular flexibility index (Phi) is 5.30. The minimum absolute atomic E-state index is 0.509. The molecule has 0 aromatic rings. The Balaban J connectivity index is 1.81. The number of hydrogen-bond acceptors (Lipinski definition) is 2. The Hall–Kier alpha value is -0.0800. The molecule has 1 heterocycles. The predicted octanol–water partition coefficient (Wildman–Crippen LogP) is 3.67. The van der Waals surface area contributed by atoms with Crippen molar-refractivity contribution in [3.05, 3.63) is 0 Å². The van der Waals surface area contributed by atoms with Gasteiger partial charge in [-0.15, -0.1) is 0 Å². The fourth-order valence-electron chi connectivity index (χ4n) is 4.04. The van der Waals surface area contributed by atoms with Gasteiger partial charge in [-0.2, -0.15) is 0 Å². The zero-order valence-electron chi connectivity index (χ0n) is 13.5. The molecule has 2 rings (SSSR count). The normalized spacial score (nSPS) is 33.0. The first-order valence-electron chi connectivity index (χ1n) is 8.48. The summed E-state index contributed by atoms with van der Waals surface area (Å²) in [6, 6.07) is 1.62. The number of rotatable bonds is 4. The van der Waals surface area contributed by atoms with Crippen molar-refractivity contribution in [1.82, 2.24) is 10.2 Å². The van der Waals surface area contributed by atoms with Crippen molar-refractivity contribution in [3.63, 3.8) is 0 Å². The van der Waals surface area contributed by atoms with Crippen molar-refractivity contribution in [2.24, 2.45) is 11.3 Å². The SMILES string of the molecule is CCN(CC1CCCN1)C1CCC(C(C)(C)C)CC1. The van der Waals surface area contributed by atoms with Crippen LogP contribution < -0.4 is 5.32 Å². The highest BCUT2D eigenvalue weighted by Crippen LogP contribution is 2.39. The molecule has 1 saturated heterocycles. The first-order chi connectivity index (χ1) is 9.00. The highest BCUT2D eigenvalue weighted by molar-refractivity contribution is 4.87. The molecule has 2 aliphatic rings. The summed E-state index contributed by atoms with van der Waals surface area (Å²) in [7, 11) is 0. The van der Waals surface area contributed by atoms with Gasteiger partial charge in [0, 0.05) is 18.6 Å². The molecule has 19 heavy (non-hydrogen) atoms. The van der Waals surface area contributed by atoms with E-state index in [9.17, 15) is 0 Å². The van der Waals surface area contributed by atoms with Crippen LogP contribution in [0, 0.1) is 11.3 Å². The second kappa shape index (κ2) is 6.58. The Bertz CT molecular complexity index is 255. The molecule has 2 fully saturated rings. The zero-order chi connectivity index (χ0) is 13.9. The van der Waals surface area contributed by atoms with Gasteiger partial charge in [0.05, 0.1) is 0 Å². The van der Waals surface area contributed by atoms with Crippen LogP contribution in [0.1, 0.15) is 66.2 Å². The molecule has 0 aromatic heterocycles. The largest absolute Gasteiger partial charge is 0.313 e. The Morgan fingerprint density at radius 2 is 1.74 bits per heavy atom. The van der Waals surface area contributed by atoms with E-state index >= 15 is 0 Å². The number of nitrogens with one attached hydrogen (secondary N) is 1. The molecular formula is C17H34N2. The summed E-state index contributed by atoms with van der Waals surface area (Å²) in [4.78, 5) is 2.75. The summed E-state index contributed by atoms with van der Waals surface area (Å²) < 4.78 is 0. The zero-order valence-corrected chi connectivity index (χ0v) is 13.5. The predicted molar refractivity (Wildman–Crippen MR) is 83.5 cm³/mol. The van der Waals surface area contributed by atoms with E-state index < -0.39 is 0 Å². The highest BCUT2D eigenvalue weighted by atomic mass is 15.2. The number of hydrogen-bond donors (Lipinski definition) is 1. The molecule has 1 aliphatic heterocycles. The third-order valence-electron chi connectivity index (χ3n) is 5.46. The van der Waals surface area contributed by atoms with Gasteiger partial charge in [-0.1, -0.05) is 27.7 Å².